The maximum atomic E-state index is 10.0. The number of nitrogens with zero attached hydrogens (tertiary/aromatic N) is 3. The molecule has 3 nitrogen and oxygen atoms in total. The normalized spacial score (nSPS) is 14.2. The highest BCUT2D eigenvalue weighted by atomic mass is 35.5. The molecule has 0 saturated heterocycles. The summed E-state index contributed by atoms with van der Waals surface area (Å²) in [5.74, 6) is 0.264. The van der Waals surface area contributed by atoms with Crippen LogP contribution in [-0.4, -0.2) is 13.1 Å². The van der Waals surface area contributed by atoms with Gasteiger partial charge in [-0.05, 0) is 49.1 Å². The Bertz CT molecular complexity index is 737. The number of hydrogen-bond donors (Lipinski definition) is 0. The zero-order valence-electron chi connectivity index (χ0n) is 17.2. The van der Waals surface area contributed by atoms with Crippen molar-refractivity contribution in [3.8, 4) is 6.07 Å². The van der Waals surface area contributed by atoms with Crippen molar-refractivity contribution in [1.82, 2.24) is 0 Å². The third-order valence-electron chi connectivity index (χ3n) is 5.47. The molecule has 2 aromatic rings. The van der Waals surface area contributed by atoms with Gasteiger partial charge in [0.2, 0.25) is 0 Å². The van der Waals surface area contributed by atoms with Crippen LogP contribution in [0.2, 0.25) is 0 Å². The molecule has 0 N–H and O–H groups in total. The molecular weight excluding hydrogens is 366 g/mol. The van der Waals surface area contributed by atoms with Crippen LogP contribution < -0.4 is 0 Å². The predicted octanol–water partition coefficient (Wildman–Crippen LogP) is 6.78. The summed E-state index contributed by atoms with van der Waals surface area (Å²) >= 11 is 0. The summed E-state index contributed by atoms with van der Waals surface area (Å²) in [5, 5.41) is 18.5. The van der Waals surface area contributed by atoms with Gasteiger partial charge in [0.25, 0.3) is 0 Å². The van der Waals surface area contributed by atoms with Crippen molar-refractivity contribution in [2.45, 2.75) is 57.4 Å². The van der Waals surface area contributed by atoms with Crippen molar-refractivity contribution >= 4 is 12.4 Å². The summed E-state index contributed by atoms with van der Waals surface area (Å²) in [6, 6.07) is 23.6. The van der Waals surface area contributed by atoms with Crippen molar-refractivity contribution in [3.05, 3.63) is 71.8 Å². The lowest BCUT2D eigenvalue weighted by Gasteiger charge is -2.31. The van der Waals surface area contributed by atoms with E-state index in [-0.39, 0.29) is 24.4 Å². The number of aryl methyl sites for hydroxylation is 1. The fraction of sp³-hybridized carbons (Fsp3) is 0.458. The molecular formula is C24H32ClN3. The van der Waals surface area contributed by atoms with Crippen molar-refractivity contribution in [2.24, 2.45) is 16.1 Å². The van der Waals surface area contributed by atoms with E-state index in [1.54, 1.807) is 7.05 Å². The minimum atomic E-state index is -0.436. The fourth-order valence-electron chi connectivity index (χ4n) is 3.77. The summed E-state index contributed by atoms with van der Waals surface area (Å²) in [6.07, 6.45) is 4.79. The van der Waals surface area contributed by atoms with Gasteiger partial charge >= 0.3 is 0 Å². The maximum absolute atomic E-state index is 10.0. The number of rotatable bonds is 10. The first-order valence-corrected chi connectivity index (χ1v) is 9.92. The average molecular weight is 398 g/mol. The van der Waals surface area contributed by atoms with Gasteiger partial charge in [0.15, 0.2) is 0 Å². The molecule has 150 valence electrons. The Balaban J connectivity index is 0.00000392. The number of nitriles is 1. The Morgan fingerprint density at radius 2 is 1.57 bits per heavy atom. The van der Waals surface area contributed by atoms with Gasteiger partial charge in [-0.25, -0.2) is 0 Å². The molecule has 0 fully saturated rings. The van der Waals surface area contributed by atoms with E-state index < -0.39 is 5.41 Å². The molecule has 0 radical (unpaired) electrons. The van der Waals surface area contributed by atoms with E-state index >= 15 is 0 Å². The molecule has 2 unspecified atom stereocenters. The average Bonchev–Trinajstić information content (AvgIpc) is 2.70. The van der Waals surface area contributed by atoms with Crippen molar-refractivity contribution in [3.63, 3.8) is 0 Å². The Kier molecular flexibility index (Phi) is 10.5. The second-order valence-electron chi connectivity index (χ2n) is 7.49. The fourth-order valence-corrected chi connectivity index (χ4v) is 3.77. The molecule has 0 aromatic heterocycles. The van der Waals surface area contributed by atoms with E-state index in [0.29, 0.717) is 0 Å². The maximum Gasteiger partial charge on any atom is 0.0845 e. The number of benzene rings is 2. The Morgan fingerprint density at radius 1 is 0.964 bits per heavy atom. The van der Waals surface area contributed by atoms with Gasteiger partial charge in [0.1, 0.15) is 0 Å². The summed E-state index contributed by atoms with van der Waals surface area (Å²) in [7, 11) is 1.74. The standard InChI is InChI=1S/C24H31N3.ClH/c1-20(2)24(19-25,22-13-8-5-9-14-22)18-10-15-23(27-26-3)17-16-21-11-6-4-7-12-21;/h4-9,11-14,20,23H,10,15-18H2,1-3H3;1H. The molecule has 2 atom stereocenters. The lowest BCUT2D eigenvalue weighted by atomic mass is 9.69. The van der Waals surface area contributed by atoms with Gasteiger partial charge in [-0.1, -0.05) is 74.5 Å². The molecule has 0 saturated carbocycles. The molecule has 0 aliphatic rings. The van der Waals surface area contributed by atoms with Gasteiger partial charge in [-0.2, -0.15) is 15.5 Å². The molecule has 2 aromatic carbocycles. The quantitative estimate of drug-likeness (QED) is 0.407. The van der Waals surface area contributed by atoms with Gasteiger partial charge in [0.05, 0.1) is 17.5 Å². The Hall–Kier alpha value is -2.18. The number of hydrogen-bond acceptors (Lipinski definition) is 3. The van der Waals surface area contributed by atoms with E-state index in [1.807, 2.05) is 24.3 Å². The Morgan fingerprint density at radius 3 is 2.11 bits per heavy atom. The van der Waals surface area contributed by atoms with Crippen LogP contribution in [0.5, 0.6) is 0 Å². The monoisotopic (exact) mass is 397 g/mol. The molecule has 0 aliphatic heterocycles. The number of halogens is 1. The smallest absolute Gasteiger partial charge is 0.0845 e. The summed E-state index contributed by atoms with van der Waals surface area (Å²) in [5.41, 5.74) is 2.03. The minimum Gasteiger partial charge on any atom is -0.197 e. The zero-order valence-corrected chi connectivity index (χ0v) is 18.0. The molecule has 0 heterocycles. The summed E-state index contributed by atoms with van der Waals surface area (Å²) in [6.45, 7) is 4.30. The van der Waals surface area contributed by atoms with Gasteiger partial charge in [-0.15, -0.1) is 12.4 Å². The highest BCUT2D eigenvalue weighted by Gasteiger charge is 2.35. The molecule has 28 heavy (non-hydrogen) atoms. The van der Waals surface area contributed by atoms with E-state index in [4.69, 9.17) is 0 Å². The van der Waals surface area contributed by atoms with Gasteiger partial charge in [0, 0.05) is 7.05 Å². The second-order valence-corrected chi connectivity index (χ2v) is 7.49. The lowest BCUT2D eigenvalue weighted by Crippen LogP contribution is -2.31. The SMILES string of the molecule is CN=NC(CCCC(C#N)(c1ccccc1)C(C)C)CCc1ccccc1.Cl. The third-order valence-corrected chi connectivity index (χ3v) is 5.47. The highest BCUT2D eigenvalue weighted by molar-refractivity contribution is 5.85. The first-order chi connectivity index (χ1) is 13.1. The van der Waals surface area contributed by atoms with Crippen molar-refractivity contribution in [1.29, 1.82) is 5.26 Å². The van der Waals surface area contributed by atoms with Crippen molar-refractivity contribution in [2.75, 3.05) is 7.05 Å². The molecule has 0 spiro atoms. The highest BCUT2D eigenvalue weighted by Crippen LogP contribution is 2.37. The first-order valence-electron chi connectivity index (χ1n) is 9.92. The Labute approximate surface area is 176 Å². The number of azo groups is 1. The summed E-state index contributed by atoms with van der Waals surface area (Å²) in [4.78, 5) is 0. The van der Waals surface area contributed by atoms with E-state index in [2.05, 4.69) is 66.5 Å². The van der Waals surface area contributed by atoms with Crippen LogP contribution >= 0.6 is 12.4 Å². The van der Waals surface area contributed by atoms with Crippen LogP contribution in [0.4, 0.5) is 0 Å². The van der Waals surface area contributed by atoms with E-state index in [1.165, 1.54) is 5.56 Å². The summed E-state index contributed by atoms with van der Waals surface area (Å²) < 4.78 is 0. The van der Waals surface area contributed by atoms with E-state index in [9.17, 15) is 5.26 Å². The lowest BCUT2D eigenvalue weighted by molar-refractivity contribution is 0.347. The first kappa shape index (κ1) is 23.9. The minimum absolute atomic E-state index is 0. The van der Waals surface area contributed by atoms with Crippen LogP contribution in [0, 0.1) is 17.2 Å². The van der Waals surface area contributed by atoms with Crippen LogP contribution in [0.1, 0.15) is 50.7 Å². The largest absolute Gasteiger partial charge is 0.197 e. The van der Waals surface area contributed by atoms with Crippen LogP contribution in [0.25, 0.3) is 0 Å². The zero-order chi connectivity index (χ0) is 19.5. The molecule has 0 aliphatic carbocycles. The molecule has 0 amide bonds. The van der Waals surface area contributed by atoms with Gasteiger partial charge in [-0.3, -0.25) is 0 Å². The predicted molar refractivity (Wildman–Crippen MR) is 119 cm³/mol. The molecule has 2 rings (SSSR count). The van der Waals surface area contributed by atoms with E-state index in [0.717, 1.165) is 37.7 Å². The van der Waals surface area contributed by atoms with Crippen LogP contribution in [0.15, 0.2) is 70.9 Å². The van der Waals surface area contributed by atoms with Crippen LogP contribution in [-0.2, 0) is 11.8 Å². The van der Waals surface area contributed by atoms with Crippen molar-refractivity contribution < 1.29 is 0 Å². The topological polar surface area (TPSA) is 48.5 Å². The van der Waals surface area contributed by atoms with Crippen LogP contribution in [0.3, 0.4) is 0 Å². The molecule has 4 heteroatoms. The third kappa shape index (κ3) is 6.46. The van der Waals surface area contributed by atoms with Gasteiger partial charge < -0.3 is 0 Å². The second kappa shape index (κ2) is 12.3. The molecule has 0 bridgehead atoms.